The van der Waals surface area contributed by atoms with Crippen molar-refractivity contribution in [1.82, 2.24) is 0 Å². The van der Waals surface area contributed by atoms with Gasteiger partial charge in [-0.3, -0.25) is 0 Å². The Morgan fingerprint density at radius 1 is 0.403 bits per heavy atom. The lowest BCUT2D eigenvalue weighted by atomic mass is 9.32. The van der Waals surface area contributed by atoms with Crippen LogP contribution in [0.5, 0.6) is 0 Å². The standard InChI is InChI=1S/C69H77BN2/c1-42-34-60-62-61(35-42)72(57-29-26-44(63(2,3)4)36-46(57)43-22-18-17-19-23-43)59-41-54-53(68(13,14)48-24-20-21-25-49(48)69(54,15)16)39-56(59)70(62)55-38-51-52(67(11,12)33-32-66(51,9)10)40-58(55)71(60)45-27-28-47-50(37-45)65(7,8)31-30-64(47,5)6/h17-29,34-41H,30-33H2,1-16H3. The number of benzene rings is 7. The van der Waals surface area contributed by atoms with E-state index in [1.165, 1.54) is 143 Å². The van der Waals surface area contributed by atoms with Crippen LogP contribution in [0, 0.1) is 6.92 Å². The Kier molecular flexibility index (Phi) is 9.94. The van der Waals surface area contributed by atoms with Crippen LogP contribution in [0.15, 0.2) is 127 Å². The molecule has 2 aliphatic heterocycles. The van der Waals surface area contributed by atoms with E-state index >= 15 is 0 Å². The van der Waals surface area contributed by atoms with Crippen LogP contribution >= 0.6 is 0 Å². The summed E-state index contributed by atoms with van der Waals surface area (Å²) in [5, 5.41) is 0. The van der Waals surface area contributed by atoms with Gasteiger partial charge >= 0.3 is 0 Å². The zero-order valence-electron chi connectivity index (χ0n) is 46.4. The van der Waals surface area contributed by atoms with Crippen LogP contribution in [-0.2, 0) is 37.9 Å². The highest BCUT2D eigenvalue weighted by Crippen LogP contribution is 2.56. The maximum atomic E-state index is 2.72. The molecule has 7 aromatic carbocycles. The monoisotopic (exact) mass is 945 g/mol. The number of aryl methyl sites for hydroxylation is 1. The average molecular weight is 945 g/mol. The smallest absolute Gasteiger partial charge is 0.252 e. The average Bonchev–Trinajstić information content (AvgIpc) is 3.33. The van der Waals surface area contributed by atoms with Gasteiger partial charge in [0.1, 0.15) is 0 Å². The summed E-state index contributed by atoms with van der Waals surface area (Å²) in [6, 6.07) is 51.2. The van der Waals surface area contributed by atoms with E-state index in [1.54, 1.807) is 0 Å². The normalized spacial score (nSPS) is 19.8. The third kappa shape index (κ3) is 6.73. The van der Waals surface area contributed by atoms with Gasteiger partial charge in [0.25, 0.3) is 6.71 Å². The maximum absolute atomic E-state index is 2.72. The Labute approximate surface area is 433 Å². The fourth-order valence-electron chi connectivity index (χ4n) is 14.4. The molecule has 0 bridgehead atoms. The molecule has 0 fully saturated rings. The molecule has 7 aromatic rings. The minimum absolute atomic E-state index is 0.00245. The molecule has 72 heavy (non-hydrogen) atoms. The Morgan fingerprint density at radius 2 is 0.875 bits per heavy atom. The second kappa shape index (κ2) is 15.1. The van der Waals surface area contributed by atoms with Crippen molar-refractivity contribution in [3.05, 3.63) is 183 Å². The maximum Gasteiger partial charge on any atom is 0.252 e. The summed E-state index contributed by atoms with van der Waals surface area (Å²) in [6.45, 7) is 39.1. The van der Waals surface area contributed by atoms with E-state index in [-0.39, 0.29) is 44.6 Å². The first-order chi connectivity index (χ1) is 33.7. The van der Waals surface area contributed by atoms with Crippen molar-refractivity contribution in [3.63, 3.8) is 0 Å². The van der Waals surface area contributed by atoms with Gasteiger partial charge in [0.2, 0.25) is 0 Å². The topological polar surface area (TPSA) is 6.48 Å². The zero-order chi connectivity index (χ0) is 51.0. The van der Waals surface area contributed by atoms with Crippen molar-refractivity contribution in [2.75, 3.05) is 9.80 Å². The van der Waals surface area contributed by atoms with E-state index < -0.39 is 0 Å². The van der Waals surface area contributed by atoms with Crippen LogP contribution in [0.1, 0.15) is 185 Å². The van der Waals surface area contributed by atoms with Gasteiger partial charge in [0, 0.05) is 44.8 Å². The van der Waals surface area contributed by atoms with Crippen molar-refractivity contribution in [2.24, 2.45) is 0 Å². The second-order valence-electron chi connectivity index (χ2n) is 27.6. The minimum atomic E-state index is -0.219. The quantitative estimate of drug-likeness (QED) is 0.163. The summed E-state index contributed by atoms with van der Waals surface area (Å²) >= 11 is 0. The van der Waals surface area contributed by atoms with Crippen LogP contribution in [0.3, 0.4) is 0 Å². The van der Waals surface area contributed by atoms with Crippen LogP contribution < -0.4 is 26.2 Å². The predicted molar refractivity (Wildman–Crippen MR) is 311 cm³/mol. The number of hydrogen-bond acceptors (Lipinski definition) is 2. The molecule has 2 nitrogen and oxygen atoms in total. The summed E-state index contributed by atoms with van der Waals surface area (Å²) < 4.78 is 0. The lowest BCUT2D eigenvalue weighted by molar-refractivity contribution is 0.332. The van der Waals surface area contributed by atoms with Gasteiger partial charge in [-0.05, 0) is 186 Å². The fourth-order valence-corrected chi connectivity index (χ4v) is 14.4. The van der Waals surface area contributed by atoms with E-state index in [2.05, 4.69) is 248 Å². The van der Waals surface area contributed by atoms with Crippen molar-refractivity contribution >= 4 is 57.2 Å². The Bertz CT molecular complexity index is 3420. The molecule has 3 heteroatoms. The second-order valence-corrected chi connectivity index (χ2v) is 27.6. The van der Waals surface area contributed by atoms with E-state index in [4.69, 9.17) is 0 Å². The Hall–Kier alpha value is -5.80. The molecule has 0 unspecified atom stereocenters. The van der Waals surface area contributed by atoms with Crippen molar-refractivity contribution in [2.45, 2.75) is 174 Å². The molecule has 0 atom stereocenters. The molecule has 2 heterocycles. The van der Waals surface area contributed by atoms with Gasteiger partial charge in [-0.2, -0.15) is 0 Å². The molecular formula is C69H77BN2. The molecule has 0 amide bonds. The van der Waals surface area contributed by atoms with E-state index in [0.717, 1.165) is 0 Å². The van der Waals surface area contributed by atoms with Gasteiger partial charge in [-0.25, -0.2) is 0 Å². The van der Waals surface area contributed by atoms with Gasteiger partial charge in [0.15, 0.2) is 0 Å². The Balaban J connectivity index is 1.24. The van der Waals surface area contributed by atoms with Crippen LogP contribution in [0.2, 0.25) is 0 Å². The van der Waals surface area contributed by atoms with Crippen LogP contribution in [0.4, 0.5) is 34.1 Å². The van der Waals surface area contributed by atoms with Crippen molar-refractivity contribution in [1.29, 1.82) is 0 Å². The molecule has 0 radical (unpaired) electrons. The third-order valence-electron chi connectivity index (χ3n) is 19.2. The first kappa shape index (κ1) is 47.2. The first-order valence-electron chi connectivity index (χ1n) is 27.3. The third-order valence-corrected chi connectivity index (χ3v) is 19.2. The molecule has 0 N–H and O–H groups in total. The number of hydrogen-bond donors (Lipinski definition) is 0. The zero-order valence-corrected chi connectivity index (χ0v) is 46.4. The molecule has 12 rings (SSSR count). The molecular weight excluding hydrogens is 868 g/mol. The highest BCUT2D eigenvalue weighted by atomic mass is 15.2. The summed E-state index contributed by atoms with van der Waals surface area (Å²) in [7, 11) is 0. The minimum Gasteiger partial charge on any atom is -0.311 e. The summed E-state index contributed by atoms with van der Waals surface area (Å²) in [4.78, 5) is 5.43. The lowest BCUT2D eigenvalue weighted by Gasteiger charge is -2.49. The molecule has 0 saturated carbocycles. The van der Waals surface area contributed by atoms with Gasteiger partial charge in [-0.15, -0.1) is 0 Å². The molecule has 0 spiro atoms. The summed E-state index contributed by atoms with van der Waals surface area (Å²) in [5.74, 6) is 0. The van der Waals surface area contributed by atoms with Crippen LogP contribution in [-0.4, -0.2) is 6.71 Å². The first-order valence-corrected chi connectivity index (χ1v) is 27.3. The lowest BCUT2D eigenvalue weighted by Crippen LogP contribution is -2.62. The number of rotatable bonds is 3. The van der Waals surface area contributed by atoms with Crippen molar-refractivity contribution in [3.8, 4) is 11.1 Å². The predicted octanol–water partition coefficient (Wildman–Crippen LogP) is 16.7. The van der Waals surface area contributed by atoms with E-state index in [9.17, 15) is 0 Å². The Morgan fingerprint density at radius 3 is 1.46 bits per heavy atom. The molecule has 5 aliphatic rings. The summed E-state index contributed by atoms with van der Waals surface area (Å²) in [6.07, 6.45) is 4.72. The largest absolute Gasteiger partial charge is 0.311 e. The van der Waals surface area contributed by atoms with Gasteiger partial charge in [0.05, 0.1) is 5.69 Å². The SMILES string of the molecule is Cc1cc2c3c(c1)N(c1ccc(C(C)(C)C)cc1-c1ccccc1)c1cc4c(cc1B3c1cc3c(cc1N2c1ccc2c(c1)C(C)(C)CCC2(C)C)C(C)(C)CCC3(C)C)C(C)(C)c1ccccc1C4(C)C. The van der Waals surface area contributed by atoms with Gasteiger partial charge < -0.3 is 9.80 Å². The molecule has 366 valence electrons. The molecule has 0 aromatic heterocycles. The highest BCUT2D eigenvalue weighted by molar-refractivity contribution is 7.00. The van der Waals surface area contributed by atoms with Gasteiger partial charge in [-0.1, -0.05) is 183 Å². The van der Waals surface area contributed by atoms with Crippen LogP contribution in [0.25, 0.3) is 11.1 Å². The number of nitrogens with zero attached hydrogens (tertiary/aromatic N) is 2. The van der Waals surface area contributed by atoms with Crippen molar-refractivity contribution < 1.29 is 0 Å². The highest BCUT2D eigenvalue weighted by Gasteiger charge is 2.50. The van der Waals surface area contributed by atoms with E-state index in [1.807, 2.05) is 0 Å². The number of fused-ring (bicyclic) bond motifs is 8. The molecule has 0 saturated heterocycles. The fraction of sp³-hybridized carbons (Fsp3) is 0.391. The summed E-state index contributed by atoms with van der Waals surface area (Å²) in [5.41, 5.74) is 28.6. The number of anilines is 6. The molecule has 3 aliphatic carbocycles. The van der Waals surface area contributed by atoms with E-state index in [0.29, 0.717) is 0 Å².